The number of hydrogen-bond donors (Lipinski definition) is 0. The molecule has 1 amide bonds. The van der Waals surface area contributed by atoms with Crippen molar-refractivity contribution in [3.8, 4) is 0 Å². The van der Waals surface area contributed by atoms with Crippen LogP contribution in [0.2, 0.25) is 0 Å². The van der Waals surface area contributed by atoms with Crippen LogP contribution in [0.4, 0.5) is 8.78 Å². The summed E-state index contributed by atoms with van der Waals surface area (Å²) in [6.07, 6.45) is 1.01. The lowest BCUT2D eigenvalue weighted by Crippen LogP contribution is -2.49. The summed E-state index contributed by atoms with van der Waals surface area (Å²) in [6, 6.07) is 7.27. The molecule has 2 aromatic rings. The Kier molecular flexibility index (Phi) is 5.03. The summed E-state index contributed by atoms with van der Waals surface area (Å²) in [7, 11) is 0. The van der Waals surface area contributed by atoms with E-state index in [1.165, 1.54) is 10.9 Å². The number of carbonyl (C=O) groups is 1. The van der Waals surface area contributed by atoms with E-state index in [-0.39, 0.29) is 11.5 Å². The first-order valence-electron chi connectivity index (χ1n) is 7.62. The molecule has 1 aliphatic heterocycles. The molecule has 0 N–H and O–H groups in total. The highest BCUT2D eigenvalue weighted by Gasteiger charge is 2.24. The molecule has 122 valence electrons. The van der Waals surface area contributed by atoms with E-state index in [9.17, 15) is 13.6 Å². The van der Waals surface area contributed by atoms with E-state index in [0.717, 1.165) is 38.2 Å². The molecule has 1 aromatic carbocycles. The minimum absolute atomic E-state index is 0.0570. The zero-order valence-electron chi connectivity index (χ0n) is 12.7. The minimum atomic E-state index is -0.796. The van der Waals surface area contributed by atoms with Crippen molar-refractivity contribution in [2.45, 2.75) is 6.42 Å². The molecular weight excluding hydrogens is 318 g/mol. The maximum Gasteiger partial charge on any atom is 0.256 e. The second-order valence-corrected chi connectivity index (χ2v) is 6.62. The van der Waals surface area contributed by atoms with Gasteiger partial charge in [0.1, 0.15) is 11.6 Å². The number of rotatable bonds is 4. The molecule has 0 atom stereocenters. The van der Waals surface area contributed by atoms with Crippen molar-refractivity contribution < 1.29 is 13.6 Å². The molecule has 0 aliphatic carbocycles. The number of halogens is 2. The van der Waals surface area contributed by atoms with E-state index in [0.29, 0.717) is 13.1 Å². The highest BCUT2D eigenvalue weighted by atomic mass is 32.1. The average Bonchev–Trinajstić information content (AvgIpc) is 3.06. The number of amides is 1. The minimum Gasteiger partial charge on any atom is -0.336 e. The first kappa shape index (κ1) is 16.1. The van der Waals surface area contributed by atoms with Gasteiger partial charge in [0.2, 0.25) is 0 Å². The summed E-state index contributed by atoms with van der Waals surface area (Å²) in [5, 5.41) is 2.07. The van der Waals surface area contributed by atoms with Crippen LogP contribution >= 0.6 is 11.3 Å². The summed E-state index contributed by atoms with van der Waals surface area (Å²) in [5.41, 5.74) is -0.0570. The van der Waals surface area contributed by atoms with E-state index >= 15 is 0 Å². The van der Waals surface area contributed by atoms with Crippen LogP contribution in [0.25, 0.3) is 0 Å². The predicted molar refractivity (Wildman–Crippen MR) is 86.7 cm³/mol. The molecule has 3 rings (SSSR count). The van der Waals surface area contributed by atoms with Gasteiger partial charge < -0.3 is 4.90 Å². The second-order valence-electron chi connectivity index (χ2n) is 5.59. The van der Waals surface area contributed by atoms with Crippen LogP contribution in [0.3, 0.4) is 0 Å². The Morgan fingerprint density at radius 1 is 1.13 bits per heavy atom. The van der Waals surface area contributed by atoms with Crippen molar-refractivity contribution >= 4 is 17.2 Å². The third-order valence-electron chi connectivity index (χ3n) is 4.08. The van der Waals surface area contributed by atoms with Gasteiger partial charge in [-0.05, 0) is 30.0 Å². The Hall–Kier alpha value is -1.79. The fourth-order valence-corrected chi connectivity index (χ4v) is 3.43. The fourth-order valence-electron chi connectivity index (χ4n) is 2.73. The second kappa shape index (κ2) is 7.19. The van der Waals surface area contributed by atoms with Gasteiger partial charge in [-0.2, -0.15) is 0 Å². The molecular formula is C17H18F2N2OS. The van der Waals surface area contributed by atoms with Crippen molar-refractivity contribution in [1.29, 1.82) is 0 Å². The van der Waals surface area contributed by atoms with Gasteiger partial charge in [0.05, 0.1) is 5.56 Å². The molecule has 6 heteroatoms. The van der Waals surface area contributed by atoms with Crippen LogP contribution in [0, 0.1) is 11.6 Å². The maximum atomic E-state index is 13.7. The van der Waals surface area contributed by atoms with Crippen LogP contribution in [-0.2, 0) is 6.42 Å². The van der Waals surface area contributed by atoms with Crippen molar-refractivity contribution in [2.24, 2.45) is 0 Å². The Morgan fingerprint density at radius 3 is 2.57 bits per heavy atom. The van der Waals surface area contributed by atoms with Gasteiger partial charge in [-0.15, -0.1) is 11.3 Å². The lowest BCUT2D eigenvalue weighted by atomic mass is 10.1. The zero-order chi connectivity index (χ0) is 16.2. The topological polar surface area (TPSA) is 23.6 Å². The Morgan fingerprint density at radius 2 is 1.91 bits per heavy atom. The SMILES string of the molecule is O=C(c1ccc(F)cc1F)N1CCN(CCc2cccs2)CC1. The molecule has 1 aliphatic rings. The zero-order valence-corrected chi connectivity index (χ0v) is 13.5. The van der Waals surface area contributed by atoms with Gasteiger partial charge in [-0.25, -0.2) is 8.78 Å². The van der Waals surface area contributed by atoms with E-state index < -0.39 is 11.6 Å². The van der Waals surface area contributed by atoms with E-state index in [2.05, 4.69) is 16.3 Å². The summed E-state index contributed by atoms with van der Waals surface area (Å²) in [4.78, 5) is 17.6. The Balaban J connectivity index is 1.53. The van der Waals surface area contributed by atoms with Crippen LogP contribution < -0.4 is 0 Å². The van der Waals surface area contributed by atoms with Crippen molar-refractivity contribution in [3.63, 3.8) is 0 Å². The molecule has 1 saturated heterocycles. The van der Waals surface area contributed by atoms with Crippen molar-refractivity contribution in [3.05, 3.63) is 57.8 Å². The molecule has 2 heterocycles. The van der Waals surface area contributed by atoms with Gasteiger partial charge in [0.15, 0.2) is 0 Å². The van der Waals surface area contributed by atoms with E-state index in [1.54, 1.807) is 16.2 Å². The molecule has 0 unspecified atom stereocenters. The Labute approximate surface area is 138 Å². The third kappa shape index (κ3) is 3.95. The van der Waals surface area contributed by atoms with Crippen molar-refractivity contribution in [1.82, 2.24) is 9.80 Å². The molecule has 0 bridgehead atoms. The third-order valence-corrected chi connectivity index (χ3v) is 5.01. The molecule has 0 saturated carbocycles. The first-order chi connectivity index (χ1) is 11.1. The summed E-state index contributed by atoms with van der Waals surface area (Å²) < 4.78 is 26.6. The van der Waals surface area contributed by atoms with E-state index in [1.807, 2.05) is 6.07 Å². The number of benzene rings is 1. The molecule has 1 aromatic heterocycles. The largest absolute Gasteiger partial charge is 0.336 e. The lowest BCUT2D eigenvalue weighted by molar-refractivity contribution is 0.0634. The maximum absolute atomic E-state index is 13.7. The van der Waals surface area contributed by atoms with Gasteiger partial charge in [0.25, 0.3) is 5.91 Å². The van der Waals surface area contributed by atoms with Gasteiger partial charge >= 0.3 is 0 Å². The highest BCUT2D eigenvalue weighted by molar-refractivity contribution is 7.09. The fraction of sp³-hybridized carbons (Fsp3) is 0.353. The molecule has 0 radical (unpaired) electrons. The Bertz CT molecular complexity index is 667. The average molecular weight is 336 g/mol. The standard InChI is InChI=1S/C17H18F2N2OS/c18-13-3-4-15(16(19)12-13)17(22)21-9-7-20(8-10-21)6-5-14-2-1-11-23-14/h1-4,11-12H,5-10H2. The molecule has 3 nitrogen and oxygen atoms in total. The van der Waals surface area contributed by atoms with Crippen LogP contribution in [0.15, 0.2) is 35.7 Å². The number of carbonyl (C=O) groups excluding carboxylic acids is 1. The van der Waals surface area contributed by atoms with Crippen LogP contribution in [-0.4, -0.2) is 48.4 Å². The van der Waals surface area contributed by atoms with Crippen LogP contribution in [0.5, 0.6) is 0 Å². The quantitative estimate of drug-likeness (QED) is 0.857. The van der Waals surface area contributed by atoms with Gasteiger partial charge in [0, 0.05) is 43.7 Å². The van der Waals surface area contributed by atoms with Gasteiger partial charge in [-0.3, -0.25) is 9.69 Å². The van der Waals surface area contributed by atoms with Gasteiger partial charge in [-0.1, -0.05) is 6.07 Å². The highest BCUT2D eigenvalue weighted by Crippen LogP contribution is 2.15. The number of piperazine rings is 1. The van der Waals surface area contributed by atoms with E-state index in [4.69, 9.17) is 0 Å². The number of nitrogens with zero attached hydrogens (tertiary/aromatic N) is 2. The summed E-state index contributed by atoms with van der Waals surface area (Å²) in [6.45, 7) is 3.66. The smallest absolute Gasteiger partial charge is 0.256 e. The lowest BCUT2D eigenvalue weighted by Gasteiger charge is -2.34. The predicted octanol–water partition coefficient (Wildman–Crippen LogP) is 3.03. The molecule has 0 spiro atoms. The number of thiophene rings is 1. The first-order valence-corrected chi connectivity index (χ1v) is 8.50. The monoisotopic (exact) mass is 336 g/mol. The molecule has 23 heavy (non-hydrogen) atoms. The summed E-state index contributed by atoms with van der Waals surface area (Å²) in [5.74, 6) is -1.83. The van der Waals surface area contributed by atoms with Crippen LogP contribution in [0.1, 0.15) is 15.2 Å². The summed E-state index contributed by atoms with van der Waals surface area (Å²) >= 11 is 1.75. The normalized spacial score (nSPS) is 15.8. The number of hydrogen-bond acceptors (Lipinski definition) is 3. The van der Waals surface area contributed by atoms with Crippen molar-refractivity contribution in [2.75, 3.05) is 32.7 Å². The molecule has 1 fully saturated rings.